The van der Waals surface area contributed by atoms with Crippen LogP contribution in [0.3, 0.4) is 0 Å². The first-order chi connectivity index (χ1) is 17.4. The van der Waals surface area contributed by atoms with Gasteiger partial charge in [-0.3, -0.25) is 19.2 Å². The molecule has 0 spiro atoms. The summed E-state index contributed by atoms with van der Waals surface area (Å²) in [5.41, 5.74) is 12.1. The van der Waals surface area contributed by atoms with Crippen LogP contribution >= 0.6 is 0 Å². The number of carbonyl (C=O) groups is 5. The van der Waals surface area contributed by atoms with Crippen molar-refractivity contribution < 1.29 is 34.2 Å². The van der Waals surface area contributed by atoms with Crippen LogP contribution in [-0.2, 0) is 30.4 Å². The van der Waals surface area contributed by atoms with E-state index in [1.54, 1.807) is 44.2 Å². The molecule has 9 N–H and O–H groups in total. The van der Waals surface area contributed by atoms with Gasteiger partial charge in [0.05, 0.1) is 12.5 Å². The molecule has 0 aliphatic heterocycles. The van der Waals surface area contributed by atoms with Gasteiger partial charge in [-0.15, -0.1) is 0 Å². The minimum absolute atomic E-state index is 0.0560. The Balaban J connectivity index is 3.07. The maximum atomic E-state index is 13.2. The summed E-state index contributed by atoms with van der Waals surface area (Å²) in [6, 6.07) is 3.93. The molecule has 0 radical (unpaired) electrons. The third kappa shape index (κ3) is 12.3. The van der Waals surface area contributed by atoms with Crippen molar-refractivity contribution in [1.29, 1.82) is 0 Å². The quantitative estimate of drug-likeness (QED) is 0.134. The maximum absolute atomic E-state index is 13.2. The van der Waals surface area contributed by atoms with Gasteiger partial charge in [0.1, 0.15) is 18.1 Å². The molecule has 3 amide bonds. The number of carboxylic acids is 2. The molecule has 1 rings (SSSR count). The lowest BCUT2D eigenvalue weighted by Gasteiger charge is -2.25. The van der Waals surface area contributed by atoms with Crippen molar-refractivity contribution in [1.82, 2.24) is 16.0 Å². The number of aliphatic carboxylic acids is 2. The highest BCUT2D eigenvalue weighted by molar-refractivity contribution is 5.95. The van der Waals surface area contributed by atoms with E-state index < -0.39 is 60.2 Å². The molecule has 0 fully saturated rings. The van der Waals surface area contributed by atoms with Crippen molar-refractivity contribution in [2.45, 2.75) is 76.5 Å². The second kappa shape index (κ2) is 16.3. The average molecular weight is 522 g/mol. The number of nitrogens with one attached hydrogen (secondary N) is 3. The van der Waals surface area contributed by atoms with E-state index in [0.29, 0.717) is 31.4 Å². The van der Waals surface area contributed by atoms with Crippen molar-refractivity contribution in [3.05, 3.63) is 35.9 Å². The number of hydrogen-bond donors (Lipinski definition) is 7. The lowest BCUT2D eigenvalue weighted by molar-refractivity contribution is -0.144. The standard InChI is InChI=1S/C25H39N5O7/c1-15(2)12-20(25(36)37)30-24(35)19(14-21(31)32)29-23(34)18(13-16-8-4-3-5-9-16)28-22(33)17(27)10-6-7-11-26/h3-5,8-9,15,17-20H,6-7,10-14,26-27H2,1-2H3,(H,28,33)(H,29,34)(H,30,35)(H,31,32)(H,36,37). The highest BCUT2D eigenvalue weighted by Crippen LogP contribution is 2.08. The Morgan fingerprint density at radius 2 is 1.41 bits per heavy atom. The van der Waals surface area contributed by atoms with Gasteiger partial charge in [-0.05, 0) is 37.3 Å². The Morgan fingerprint density at radius 1 is 0.838 bits per heavy atom. The number of carbonyl (C=O) groups excluding carboxylic acids is 3. The lowest BCUT2D eigenvalue weighted by atomic mass is 10.0. The zero-order chi connectivity index (χ0) is 28.0. The molecule has 0 bridgehead atoms. The average Bonchev–Trinajstić information content (AvgIpc) is 2.82. The summed E-state index contributed by atoms with van der Waals surface area (Å²) >= 11 is 0. The van der Waals surface area contributed by atoms with E-state index in [4.69, 9.17) is 11.5 Å². The van der Waals surface area contributed by atoms with E-state index in [-0.39, 0.29) is 18.8 Å². The van der Waals surface area contributed by atoms with Gasteiger partial charge < -0.3 is 37.6 Å². The van der Waals surface area contributed by atoms with Crippen molar-refractivity contribution in [2.75, 3.05) is 6.54 Å². The van der Waals surface area contributed by atoms with Gasteiger partial charge in [-0.2, -0.15) is 0 Å². The number of amides is 3. The molecular weight excluding hydrogens is 482 g/mol. The molecule has 206 valence electrons. The molecule has 4 unspecified atom stereocenters. The number of hydrogen-bond acceptors (Lipinski definition) is 7. The van der Waals surface area contributed by atoms with Crippen molar-refractivity contribution >= 4 is 29.7 Å². The minimum atomic E-state index is -1.56. The SMILES string of the molecule is CC(C)CC(NC(=O)C(CC(=O)O)NC(=O)C(Cc1ccccc1)NC(=O)C(N)CCCCN)C(=O)O. The Morgan fingerprint density at radius 3 is 1.95 bits per heavy atom. The Bertz CT molecular complexity index is 910. The molecule has 37 heavy (non-hydrogen) atoms. The van der Waals surface area contributed by atoms with Crippen LogP contribution in [0, 0.1) is 5.92 Å². The van der Waals surface area contributed by atoms with E-state index in [9.17, 15) is 34.2 Å². The molecule has 1 aromatic rings. The largest absolute Gasteiger partial charge is 0.481 e. The van der Waals surface area contributed by atoms with Crippen LogP contribution in [0.1, 0.15) is 51.5 Å². The maximum Gasteiger partial charge on any atom is 0.326 e. The summed E-state index contributed by atoms with van der Waals surface area (Å²) in [7, 11) is 0. The molecular formula is C25H39N5O7. The van der Waals surface area contributed by atoms with Crippen LogP contribution in [-0.4, -0.2) is 70.6 Å². The predicted molar refractivity (Wildman–Crippen MR) is 136 cm³/mol. The monoisotopic (exact) mass is 521 g/mol. The molecule has 12 nitrogen and oxygen atoms in total. The van der Waals surface area contributed by atoms with Gasteiger partial charge in [0.15, 0.2) is 0 Å². The van der Waals surface area contributed by atoms with E-state index >= 15 is 0 Å². The summed E-state index contributed by atoms with van der Waals surface area (Å²) in [6.45, 7) is 4.01. The second-order valence-electron chi connectivity index (χ2n) is 9.33. The van der Waals surface area contributed by atoms with E-state index in [0.717, 1.165) is 0 Å². The van der Waals surface area contributed by atoms with Gasteiger partial charge in [0, 0.05) is 6.42 Å². The van der Waals surface area contributed by atoms with Gasteiger partial charge >= 0.3 is 11.9 Å². The predicted octanol–water partition coefficient (Wildman–Crippen LogP) is -0.255. The van der Waals surface area contributed by atoms with Crippen molar-refractivity contribution in [2.24, 2.45) is 17.4 Å². The molecule has 1 aromatic carbocycles. The summed E-state index contributed by atoms with van der Waals surface area (Å²) in [6.07, 6.45) is 1.07. The Hall–Kier alpha value is -3.51. The third-order valence-electron chi connectivity index (χ3n) is 5.56. The lowest BCUT2D eigenvalue weighted by Crippen LogP contribution is -2.58. The highest BCUT2D eigenvalue weighted by atomic mass is 16.4. The summed E-state index contributed by atoms with van der Waals surface area (Å²) in [5.74, 6) is -5.04. The first-order valence-electron chi connectivity index (χ1n) is 12.3. The van der Waals surface area contributed by atoms with Gasteiger partial charge in [-0.1, -0.05) is 50.6 Å². The summed E-state index contributed by atoms with van der Waals surface area (Å²) in [5, 5.41) is 26.0. The highest BCUT2D eigenvalue weighted by Gasteiger charge is 2.32. The van der Waals surface area contributed by atoms with E-state index in [1.807, 2.05) is 0 Å². The second-order valence-corrected chi connectivity index (χ2v) is 9.33. The zero-order valence-electron chi connectivity index (χ0n) is 21.3. The minimum Gasteiger partial charge on any atom is -0.481 e. The third-order valence-corrected chi connectivity index (χ3v) is 5.56. The first kappa shape index (κ1) is 31.5. The molecule has 0 saturated heterocycles. The fourth-order valence-corrected chi connectivity index (χ4v) is 3.60. The van der Waals surface area contributed by atoms with Crippen LogP contribution in [0.25, 0.3) is 0 Å². The van der Waals surface area contributed by atoms with Crippen LogP contribution < -0.4 is 27.4 Å². The molecule has 4 atom stereocenters. The topological polar surface area (TPSA) is 214 Å². The van der Waals surface area contributed by atoms with Gasteiger partial charge in [-0.25, -0.2) is 4.79 Å². The number of unbranched alkanes of at least 4 members (excludes halogenated alkanes) is 1. The number of carboxylic acid groups (broad SMARTS) is 2. The fraction of sp³-hybridized carbons (Fsp3) is 0.560. The number of benzene rings is 1. The summed E-state index contributed by atoms with van der Waals surface area (Å²) in [4.78, 5) is 61.6. The van der Waals surface area contributed by atoms with Crippen LogP contribution in [0.4, 0.5) is 0 Å². The zero-order valence-corrected chi connectivity index (χ0v) is 21.3. The first-order valence-corrected chi connectivity index (χ1v) is 12.3. The van der Waals surface area contributed by atoms with Crippen molar-refractivity contribution in [3.8, 4) is 0 Å². The normalized spacial score (nSPS) is 14.2. The Kier molecular flexibility index (Phi) is 13.9. The molecule has 0 aliphatic carbocycles. The number of rotatable bonds is 17. The van der Waals surface area contributed by atoms with Crippen molar-refractivity contribution in [3.63, 3.8) is 0 Å². The number of nitrogens with two attached hydrogens (primary N) is 2. The fourth-order valence-electron chi connectivity index (χ4n) is 3.60. The smallest absolute Gasteiger partial charge is 0.326 e. The van der Waals surface area contributed by atoms with Gasteiger partial charge in [0.2, 0.25) is 17.7 Å². The summed E-state index contributed by atoms with van der Waals surface area (Å²) < 4.78 is 0. The van der Waals surface area contributed by atoms with Gasteiger partial charge in [0.25, 0.3) is 0 Å². The van der Waals surface area contributed by atoms with E-state index in [2.05, 4.69) is 16.0 Å². The molecule has 0 aliphatic rings. The van der Waals surface area contributed by atoms with E-state index in [1.165, 1.54) is 0 Å². The molecule has 12 heteroatoms. The molecule has 0 heterocycles. The van der Waals surface area contributed by atoms with Crippen LogP contribution in [0.2, 0.25) is 0 Å². The van der Waals surface area contributed by atoms with Crippen LogP contribution in [0.15, 0.2) is 30.3 Å². The Labute approximate surface area is 216 Å². The molecule has 0 saturated carbocycles. The van der Waals surface area contributed by atoms with Crippen LogP contribution in [0.5, 0.6) is 0 Å². The molecule has 0 aromatic heterocycles.